The van der Waals surface area contributed by atoms with Crippen LogP contribution in [0, 0.1) is 0 Å². The summed E-state index contributed by atoms with van der Waals surface area (Å²) in [6.07, 6.45) is 5.82. The fraction of sp³-hybridized carbons (Fsp3) is 0.522. The van der Waals surface area contributed by atoms with Gasteiger partial charge in [0.1, 0.15) is 22.4 Å². The van der Waals surface area contributed by atoms with Gasteiger partial charge in [-0.3, -0.25) is 0 Å². The van der Waals surface area contributed by atoms with E-state index in [1.54, 1.807) is 4.90 Å². The maximum Gasteiger partial charge on any atom is 0.410 e. The molecule has 178 valence electrons. The molecule has 3 heterocycles. The molecule has 9 nitrogen and oxygen atoms in total. The molecule has 0 aliphatic carbocycles. The summed E-state index contributed by atoms with van der Waals surface area (Å²) in [5.41, 5.74) is 1.55. The van der Waals surface area contributed by atoms with Crippen LogP contribution in [0.2, 0.25) is 0 Å². The second kappa shape index (κ2) is 8.81. The third kappa shape index (κ3) is 5.38. The molecule has 0 bridgehead atoms. The molecule has 2 aliphatic heterocycles. The fourth-order valence-electron chi connectivity index (χ4n) is 4.02. The standard InChI is InChI=1S/C23H30N4O5S/c1-23(2,3)32-22(28)26-11-8-16(9-12-26)31-20-7-5-6-19-18(20)10-13-27(19)21-24-14-17(15-25-21)33(4,29)30/h5-7,14-16H,8-13H2,1-4H3. The normalized spacial score (nSPS) is 17.1. The summed E-state index contributed by atoms with van der Waals surface area (Å²) in [5, 5.41) is 0. The Bertz CT molecular complexity index is 1120. The highest BCUT2D eigenvalue weighted by Crippen LogP contribution is 2.39. The third-order valence-electron chi connectivity index (χ3n) is 5.66. The van der Waals surface area contributed by atoms with Crippen LogP contribution in [0.5, 0.6) is 5.75 Å². The van der Waals surface area contributed by atoms with Gasteiger partial charge in [0, 0.05) is 44.3 Å². The zero-order chi connectivity index (χ0) is 23.8. The molecule has 0 unspecified atom stereocenters. The Morgan fingerprint density at radius 1 is 1.09 bits per heavy atom. The summed E-state index contributed by atoms with van der Waals surface area (Å²) in [6.45, 7) is 7.48. The monoisotopic (exact) mass is 474 g/mol. The molecule has 4 rings (SSSR count). The number of nitrogens with zero attached hydrogens (tertiary/aromatic N) is 4. The lowest BCUT2D eigenvalue weighted by molar-refractivity contribution is 0.0126. The molecule has 0 atom stereocenters. The quantitative estimate of drug-likeness (QED) is 0.665. The summed E-state index contributed by atoms with van der Waals surface area (Å²) in [5.74, 6) is 1.29. The molecule has 0 radical (unpaired) electrons. The van der Waals surface area contributed by atoms with Gasteiger partial charge in [-0.1, -0.05) is 6.07 Å². The van der Waals surface area contributed by atoms with Gasteiger partial charge >= 0.3 is 6.09 Å². The molecule has 0 saturated carbocycles. The Labute approximate surface area is 194 Å². The maximum atomic E-state index is 12.3. The van der Waals surface area contributed by atoms with E-state index in [4.69, 9.17) is 9.47 Å². The molecule has 1 saturated heterocycles. The Balaban J connectivity index is 1.42. The Morgan fingerprint density at radius 2 is 1.76 bits per heavy atom. The molecule has 1 aromatic carbocycles. The first kappa shape index (κ1) is 23.3. The number of piperidine rings is 1. The third-order valence-corrected chi connectivity index (χ3v) is 6.72. The van der Waals surface area contributed by atoms with Crippen molar-refractivity contribution in [2.45, 2.75) is 56.6 Å². The van der Waals surface area contributed by atoms with Crippen LogP contribution in [0.25, 0.3) is 0 Å². The molecule has 1 aromatic heterocycles. The highest BCUT2D eigenvalue weighted by molar-refractivity contribution is 7.90. The van der Waals surface area contributed by atoms with Crippen molar-refractivity contribution >= 4 is 27.6 Å². The number of fused-ring (bicyclic) bond motifs is 1. The number of rotatable bonds is 4. The van der Waals surface area contributed by atoms with Crippen molar-refractivity contribution < 1.29 is 22.7 Å². The summed E-state index contributed by atoms with van der Waals surface area (Å²) in [6, 6.07) is 5.90. The van der Waals surface area contributed by atoms with Gasteiger partial charge in [0.05, 0.1) is 18.1 Å². The van der Waals surface area contributed by atoms with Crippen molar-refractivity contribution in [3.05, 3.63) is 36.2 Å². The van der Waals surface area contributed by atoms with Crippen molar-refractivity contribution in [1.82, 2.24) is 14.9 Å². The van der Waals surface area contributed by atoms with Gasteiger partial charge < -0.3 is 19.3 Å². The van der Waals surface area contributed by atoms with Crippen molar-refractivity contribution in [2.75, 3.05) is 30.8 Å². The van der Waals surface area contributed by atoms with Crippen molar-refractivity contribution in [2.24, 2.45) is 0 Å². The summed E-state index contributed by atoms with van der Waals surface area (Å²) in [4.78, 5) is 24.6. The molecular weight excluding hydrogens is 444 g/mol. The van der Waals surface area contributed by atoms with E-state index in [-0.39, 0.29) is 17.1 Å². The SMILES string of the molecule is CC(C)(C)OC(=O)N1CCC(Oc2cccc3c2CCN3c2ncc(S(C)(=O)=O)cn2)CC1. The topological polar surface area (TPSA) is 102 Å². The number of carbonyl (C=O) groups excluding carboxylic acids is 1. The van der Waals surface area contributed by atoms with Gasteiger partial charge in [-0.2, -0.15) is 0 Å². The predicted octanol–water partition coefficient (Wildman–Crippen LogP) is 3.35. The molecule has 0 N–H and O–H groups in total. The van der Waals surface area contributed by atoms with E-state index < -0.39 is 15.4 Å². The van der Waals surface area contributed by atoms with Crippen LogP contribution in [0.4, 0.5) is 16.4 Å². The minimum atomic E-state index is -3.34. The Hall–Kier alpha value is -2.88. The Morgan fingerprint density at radius 3 is 2.36 bits per heavy atom. The fourth-order valence-corrected chi connectivity index (χ4v) is 4.51. The number of sulfone groups is 1. The average molecular weight is 475 g/mol. The van der Waals surface area contributed by atoms with Gasteiger partial charge in [-0.05, 0) is 39.3 Å². The molecule has 10 heteroatoms. The number of aromatic nitrogens is 2. The summed E-state index contributed by atoms with van der Waals surface area (Å²) >= 11 is 0. The smallest absolute Gasteiger partial charge is 0.410 e. The first-order valence-electron chi connectivity index (χ1n) is 11.1. The second-order valence-corrected chi connectivity index (χ2v) is 11.4. The summed E-state index contributed by atoms with van der Waals surface area (Å²) < 4.78 is 35.2. The number of likely N-dealkylation sites (tertiary alicyclic amines) is 1. The van der Waals surface area contributed by atoms with Crippen LogP contribution in [0.1, 0.15) is 39.2 Å². The van der Waals surface area contributed by atoms with Crippen LogP contribution < -0.4 is 9.64 Å². The van der Waals surface area contributed by atoms with Crippen LogP contribution >= 0.6 is 0 Å². The van der Waals surface area contributed by atoms with Crippen LogP contribution in [-0.4, -0.2) is 67.0 Å². The minimum absolute atomic E-state index is 0.0227. The Kier molecular flexibility index (Phi) is 6.22. The molecule has 2 aromatic rings. The second-order valence-electron chi connectivity index (χ2n) is 9.43. The number of ether oxygens (including phenoxy) is 2. The molecular formula is C23H30N4O5S. The van der Waals surface area contributed by atoms with Crippen molar-refractivity contribution in [3.8, 4) is 5.75 Å². The number of hydrogen-bond acceptors (Lipinski definition) is 8. The van der Waals surface area contributed by atoms with Crippen LogP contribution in [0.3, 0.4) is 0 Å². The predicted molar refractivity (Wildman–Crippen MR) is 124 cm³/mol. The lowest BCUT2D eigenvalue weighted by Gasteiger charge is -2.33. The van der Waals surface area contributed by atoms with E-state index in [1.807, 2.05) is 43.9 Å². The van der Waals surface area contributed by atoms with E-state index >= 15 is 0 Å². The summed E-state index contributed by atoms with van der Waals surface area (Å²) in [7, 11) is -3.34. The van der Waals surface area contributed by atoms with E-state index in [1.165, 1.54) is 12.4 Å². The first-order valence-corrected chi connectivity index (χ1v) is 13.0. The van der Waals surface area contributed by atoms with Gasteiger partial charge in [0.25, 0.3) is 0 Å². The molecule has 1 fully saturated rings. The van der Waals surface area contributed by atoms with Gasteiger partial charge in [-0.25, -0.2) is 23.2 Å². The van der Waals surface area contributed by atoms with E-state index in [0.717, 1.165) is 42.5 Å². The minimum Gasteiger partial charge on any atom is -0.490 e. The van der Waals surface area contributed by atoms with Crippen molar-refractivity contribution in [1.29, 1.82) is 0 Å². The zero-order valence-corrected chi connectivity index (χ0v) is 20.3. The lowest BCUT2D eigenvalue weighted by atomic mass is 10.1. The van der Waals surface area contributed by atoms with E-state index in [9.17, 15) is 13.2 Å². The van der Waals surface area contributed by atoms with Gasteiger partial charge in [-0.15, -0.1) is 0 Å². The zero-order valence-electron chi connectivity index (χ0n) is 19.4. The number of hydrogen-bond donors (Lipinski definition) is 0. The lowest BCUT2D eigenvalue weighted by Crippen LogP contribution is -2.44. The van der Waals surface area contributed by atoms with Crippen molar-refractivity contribution in [3.63, 3.8) is 0 Å². The number of benzene rings is 1. The highest BCUT2D eigenvalue weighted by Gasteiger charge is 2.30. The number of anilines is 2. The number of carbonyl (C=O) groups is 1. The molecule has 2 aliphatic rings. The van der Waals surface area contributed by atoms with Crippen LogP contribution in [0.15, 0.2) is 35.5 Å². The van der Waals surface area contributed by atoms with Crippen LogP contribution in [-0.2, 0) is 21.0 Å². The van der Waals surface area contributed by atoms with E-state index in [0.29, 0.717) is 25.6 Å². The van der Waals surface area contributed by atoms with Gasteiger partial charge in [0.15, 0.2) is 9.84 Å². The van der Waals surface area contributed by atoms with Gasteiger partial charge in [0.2, 0.25) is 5.95 Å². The number of amides is 1. The average Bonchev–Trinajstić information content (AvgIpc) is 3.18. The molecule has 33 heavy (non-hydrogen) atoms. The first-order chi connectivity index (χ1) is 15.5. The molecule has 1 amide bonds. The van der Waals surface area contributed by atoms with E-state index in [2.05, 4.69) is 9.97 Å². The largest absolute Gasteiger partial charge is 0.490 e. The highest BCUT2D eigenvalue weighted by atomic mass is 32.2. The maximum absolute atomic E-state index is 12.3. The molecule has 0 spiro atoms.